The molecule has 2 rings (SSSR count). The van der Waals surface area contributed by atoms with Gasteiger partial charge in [-0.05, 0) is 30.7 Å². The third-order valence-electron chi connectivity index (χ3n) is 3.73. The Kier molecular flexibility index (Phi) is 6.26. The van der Waals surface area contributed by atoms with Gasteiger partial charge in [0.2, 0.25) is 0 Å². The molecule has 5 nitrogen and oxygen atoms in total. The second kappa shape index (κ2) is 8.41. The fourth-order valence-corrected chi connectivity index (χ4v) is 2.63. The highest BCUT2D eigenvalue weighted by Gasteiger charge is 2.25. The Morgan fingerprint density at radius 3 is 1.74 bits per heavy atom. The molecule has 0 aromatic heterocycles. The van der Waals surface area contributed by atoms with E-state index in [1.54, 1.807) is 14.2 Å². The van der Waals surface area contributed by atoms with E-state index < -0.39 is 0 Å². The van der Waals surface area contributed by atoms with Crippen LogP contribution in [0.3, 0.4) is 0 Å². The van der Waals surface area contributed by atoms with Crippen molar-refractivity contribution in [2.24, 2.45) is 0 Å². The maximum Gasteiger partial charge on any atom is 0.142 e. The Morgan fingerprint density at radius 2 is 1.35 bits per heavy atom. The van der Waals surface area contributed by atoms with Gasteiger partial charge in [0, 0.05) is 6.61 Å². The molecule has 0 aliphatic rings. The Morgan fingerprint density at radius 1 is 0.870 bits per heavy atom. The summed E-state index contributed by atoms with van der Waals surface area (Å²) < 4.78 is 10.9. The minimum absolute atomic E-state index is 0.0218. The first kappa shape index (κ1) is 17.1. The zero-order valence-electron chi connectivity index (χ0n) is 13.5. The third-order valence-corrected chi connectivity index (χ3v) is 3.73. The molecule has 0 saturated carbocycles. The summed E-state index contributed by atoms with van der Waals surface area (Å²) in [4.78, 5) is 1.95. The summed E-state index contributed by atoms with van der Waals surface area (Å²) in [7, 11) is 3.22. The topological polar surface area (TPSA) is 62.2 Å². The molecule has 5 heteroatoms. The number of benzene rings is 2. The molecule has 0 amide bonds. The van der Waals surface area contributed by atoms with Gasteiger partial charge in [-0.1, -0.05) is 24.3 Å². The Labute approximate surface area is 136 Å². The van der Waals surface area contributed by atoms with Gasteiger partial charge in [0.05, 0.1) is 38.2 Å². The largest absolute Gasteiger partial charge is 0.495 e. The second-order valence-electron chi connectivity index (χ2n) is 5.06. The molecule has 2 aromatic rings. The van der Waals surface area contributed by atoms with Crippen LogP contribution in [0.15, 0.2) is 48.5 Å². The molecule has 0 radical (unpaired) electrons. The lowest BCUT2D eigenvalue weighted by molar-refractivity contribution is 0.219. The maximum absolute atomic E-state index is 9.84. The Hall–Kier alpha value is -2.24. The van der Waals surface area contributed by atoms with E-state index in [4.69, 9.17) is 9.47 Å². The molecule has 0 saturated heterocycles. The van der Waals surface area contributed by atoms with Gasteiger partial charge in [0.25, 0.3) is 0 Å². The molecule has 1 unspecified atom stereocenters. The van der Waals surface area contributed by atoms with Gasteiger partial charge in [-0.2, -0.15) is 0 Å². The zero-order valence-corrected chi connectivity index (χ0v) is 13.5. The lowest BCUT2D eigenvalue weighted by atomic mass is 10.1. The number of ether oxygens (including phenoxy) is 2. The quantitative estimate of drug-likeness (QED) is 0.783. The molecule has 0 fully saturated rings. The number of nitrogens with zero attached hydrogens (tertiary/aromatic N) is 1. The van der Waals surface area contributed by atoms with E-state index in [1.165, 1.54) is 0 Å². The standard InChI is InChI=1S/C18H23NO4/c1-22-17-9-5-3-7-15(17)19(14(13-21)11-12-20)16-8-4-6-10-18(16)23-2/h3-10,14,20-21H,11-13H2,1-2H3. The van der Waals surface area contributed by atoms with Crippen LogP contribution in [0.5, 0.6) is 11.5 Å². The van der Waals surface area contributed by atoms with Gasteiger partial charge < -0.3 is 24.6 Å². The van der Waals surface area contributed by atoms with E-state index >= 15 is 0 Å². The lowest BCUT2D eigenvalue weighted by Crippen LogP contribution is -2.35. The number of rotatable bonds is 8. The van der Waals surface area contributed by atoms with Gasteiger partial charge in [0.1, 0.15) is 11.5 Å². The van der Waals surface area contributed by atoms with Crippen LogP contribution < -0.4 is 14.4 Å². The Balaban J connectivity index is 2.60. The molecule has 0 heterocycles. The van der Waals surface area contributed by atoms with Gasteiger partial charge in [0.15, 0.2) is 0 Å². The predicted octanol–water partition coefficient (Wildman–Crippen LogP) is 2.59. The van der Waals surface area contributed by atoms with Gasteiger partial charge in [-0.15, -0.1) is 0 Å². The van der Waals surface area contributed by atoms with Crippen molar-refractivity contribution in [1.29, 1.82) is 0 Å². The normalized spacial score (nSPS) is 11.8. The molecule has 1 atom stereocenters. The molecular formula is C18H23NO4. The van der Waals surface area contributed by atoms with Crippen LogP contribution in [0.1, 0.15) is 6.42 Å². The van der Waals surface area contributed by atoms with Crippen LogP contribution in [0.25, 0.3) is 0 Å². The van der Waals surface area contributed by atoms with Crippen molar-refractivity contribution in [3.63, 3.8) is 0 Å². The van der Waals surface area contributed by atoms with Crippen molar-refractivity contribution in [1.82, 2.24) is 0 Å². The highest BCUT2D eigenvalue weighted by Crippen LogP contribution is 2.40. The zero-order chi connectivity index (χ0) is 16.7. The number of methoxy groups -OCH3 is 2. The first-order valence-electron chi connectivity index (χ1n) is 7.53. The second-order valence-corrected chi connectivity index (χ2v) is 5.06. The summed E-state index contributed by atoms with van der Waals surface area (Å²) in [5.41, 5.74) is 1.62. The lowest BCUT2D eigenvalue weighted by Gasteiger charge is -2.34. The van der Waals surface area contributed by atoms with Crippen molar-refractivity contribution in [2.75, 3.05) is 32.3 Å². The van der Waals surface area contributed by atoms with Crippen LogP contribution in [0, 0.1) is 0 Å². The van der Waals surface area contributed by atoms with Crippen LogP contribution in [-0.2, 0) is 0 Å². The van der Waals surface area contributed by atoms with E-state index in [9.17, 15) is 10.2 Å². The number of anilines is 2. The third kappa shape index (κ3) is 3.75. The summed E-state index contributed by atoms with van der Waals surface area (Å²) in [6, 6.07) is 14.9. The van der Waals surface area contributed by atoms with Crippen LogP contribution in [0.4, 0.5) is 11.4 Å². The molecule has 2 aromatic carbocycles. The van der Waals surface area contributed by atoms with Gasteiger partial charge >= 0.3 is 0 Å². The van der Waals surface area contributed by atoms with E-state index in [1.807, 2.05) is 53.4 Å². The summed E-state index contributed by atoms with van der Waals surface area (Å²) in [5, 5.41) is 19.2. The molecule has 0 aliphatic carbocycles. The van der Waals surface area contributed by atoms with E-state index in [-0.39, 0.29) is 19.3 Å². The molecule has 0 bridgehead atoms. The predicted molar refractivity (Wildman–Crippen MR) is 90.7 cm³/mol. The minimum Gasteiger partial charge on any atom is -0.495 e. The van der Waals surface area contributed by atoms with Crippen LogP contribution in [-0.4, -0.2) is 43.7 Å². The Bertz CT molecular complexity index is 570. The van der Waals surface area contributed by atoms with Crippen molar-refractivity contribution < 1.29 is 19.7 Å². The summed E-state index contributed by atoms with van der Waals surface area (Å²) in [6.07, 6.45) is 0.423. The van der Waals surface area contributed by atoms with Crippen LogP contribution in [0.2, 0.25) is 0 Å². The molecule has 2 N–H and O–H groups in total. The first-order valence-corrected chi connectivity index (χ1v) is 7.53. The molecule has 0 spiro atoms. The molecule has 0 aliphatic heterocycles. The monoisotopic (exact) mass is 317 g/mol. The van der Waals surface area contributed by atoms with Crippen molar-refractivity contribution in [3.8, 4) is 11.5 Å². The number of hydrogen-bond acceptors (Lipinski definition) is 5. The average Bonchev–Trinajstić information content (AvgIpc) is 2.62. The maximum atomic E-state index is 9.84. The van der Waals surface area contributed by atoms with Crippen molar-refractivity contribution in [3.05, 3.63) is 48.5 Å². The minimum atomic E-state index is -0.299. The molecule has 124 valence electrons. The van der Waals surface area contributed by atoms with Crippen molar-refractivity contribution in [2.45, 2.75) is 12.5 Å². The van der Waals surface area contributed by atoms with Crippen LogP contribution >= 0.6 is 0 Å². The molecule has 23 heavy (non-hydrogen) atoms. The van der Waals surface area contributed by atoms with Crippen molar-refractivity contribution >= 4 is 11.4 Å². The van der Waals surface area contributed by atoms with Gasteiger partial charge in [-0.3, -0.25) is 0 Å². The fourth-order valence-electron chi connectivity index (χ4n) is 2.63. The highest BCUT2D eigenvalue weighted by atomic mass is 16.5. The summed E-state index contributed by atoms with van der Waals surface area (Å²) in [6.45, 7) is -0.122. The first-order chi connectivity index (χ1) is 11.3. The summed E-state index contributed by atoms with van der Waals surface area (Å²) in [5.74, 6) is 1.38. The fraction of sp³-hybridized carbons (Fsp3) is 0.333. The molecular weight excluding hydrogens is 294 g/mol. The van der Waals surface area contributed by atoms with E-state index in [0.29, 0.717) is 17.9 Å². The smallest absolute Gasteiger partial charge is 0.142 e. The average molecular weight is 317 g/mol. The SMILES string of the molecule is COc1ccccc1N(c1ccccc1OC)C(CO)CCO. The number of aliphatic hydroxyl groups is 2. The highest BCUT2D eigenvalue weighted by molar-refractivity contribution is 5.74. The van der Waals surface area contributed by atoms with E-state index in [0.717, 1.165) is 11.4 Å². The number of hydrogen-bond donors (Lipinski definition) is 2. The summed E-state index contributed by atoms with van der Waals surface area (Å²) >= 11 is 0. The van der Waals surface area contributed by atoms with Gasteiger partial charge in [-0.25, -0.2) is 0 Å². The van der Waals surface area contributed by atoms with E-state index in [2.05, 4.69) is 0 Å². The number of para-hydroxylation sites is 4. The number of aliphatic hydroxyl groups excluding tert-OH is 2.